The number of hydrogen-bond acceptors (Lipinski definition) is 5. The van der Waals surface area contributed by atoms with Crippen molar-refractivity contribution in [3.63, 3.8) is 0 Å². The van der Waals surface area contributed by atoms with Gasteiger partial charge in [0.15, 0.2) is 0 Å². The maximum atomic E-state index is 12.8. The number of benzene rings is 2. The number of carbonyl (C=O) groups is 2. The van der Waals surface area contributed by atoms with Gasteiger partial charge < -0.3 is 15.0 Å². The Morgan fingerprint density at radius 1 is 1.10 bits per heavy atom. The van der Waals surface area contributed by atoms with E-state index in [0.717, 1.165) is 11.3 Å². The third-order valence-electron chi connectivity index (χ3n) is 4.35. The minimum absolute atomic E-state index is 0.119. The Balaban J connectivity index is 1.58. The molecule has 0 aliphatic rings. The molecule has 0 saturated heterocycles. The quantitative estimate of drug-likeness (QED) is 0.497. The fraction of sp³-hybridized carbons (Fsp3) is 0.227. The lowest BCUT2D eigenvalue weighted by Crippen LogP contribution is -2.34. The van der Waals surface area contributed by atoms with Crippen LogP contribution in [-0.2, 0) is 11.4 Å². The van der Waals surface area contributed by atoms with Gasteiger partial charge in [0.1, 0.15) is 22.2 Å². The Morgan fingerprint density at radius 2 is 1.81 bits per heavy atom. The number of thiazole rings is 1. The van der Waals surface area contributed by atoms with Gasteiger partial charge in [-0.05, 0) is 44.2 Å². The van der Waals surface area contributed by atoms with E-state index in [-0.39, 0.29) is 25.0 Å². The summed E-state index contributed by atoms with van der Waals surface area (Å²) in [5.41, 5.74) is 2.26. The van der Waals surface area contributed by atoms with Crippen LogP contribution in [-0.4, -0.2) is 35.3 Å². The number of carbonyl (C=O) groups excluding carboxylic acids is 2. The van der Waals surface area contributed by atoms with Crippen molar-refractivity contribution in [3.8, 4) is 5.75 Å². The van der Waals surface area contributed by atoms with Gasteiger partial charge in [-0.25, -0.2) is 4.98 Å². The molecule has 31 heavy (non-hydrogen) atoms. The topological polar surface area (TPSA) is 71.5 Å². The van der Waals surface area contributed by atoms with Crippen molar-refractivity contribution < 1.29 is 14.3 Å². The molecule has 6 nitrogen and oxygen atoms in total. The van der Waals surface area contributed by atoms with Crippen LogP contribution in [0.1, 0.15) is 25.9 Å². The highest BCUT2D eigenvalue weighted by Gasteiger charge is 2.21. The summed E-state index contributed by atoms with van der Waals surface area (Å²) in [5, 5.41) is 4.13. The first kappa shape index (κ1) is 23.1. The molecule has 0 fully saturated rings. The molecule has 0 unspecified atom stereocenters. The predicted molar refractivity (Wildman–Crippen MR) is 124 cm³/mol. The second-order valence-electron chi connectivity index (χ2n) is 6.96. The maximum absolute atomic E-state index is 12.8. The van der Waals surface area contributed by atoms with E-state index in [2.05, 4.69) is 10.3 Å². The molecule has 3 rings (SSSR count). The highest BCUT2D eigenvalue weighted by Crippen LogP contribution is 2.25. The van der Waals surface area contributed by atoms with E-state index in [0.29, 0.717) is 31.3 Å². The van der Waals surface area contributed by atoms with Crippen LogP contribution < -0.4 is 10.1 Å². The van der Waals surface area contributed by atoms with Crippen LogP contribution in [0, 0.1) is 13.8 Å². The number of ether oxygens (including phenoxy) is 1. The number of aryl methyl sites for hydroxylation is 2. The van der Waals surface area contributed by atoms with Gasteiger partial charge in [-0.3, -0.25) is 9.59 Å². The summed E-state index contributed by atoms with van der Waals surface area (Å²) in [7, 11) is 1.57. The Kier molecular flexibility index (Phi) is 7.54. The zero-order chi connectivity index (χ0) is 22.5. The summed E-state index contributed by atoms with van der Waals surface area (Å²) < 4.78 is 5.74. The van der Waals surface area contributed by atoms with Gasteiger partial charge in [0.2, 0.25) is 5.91 Å². The number of halogens is 2. The Hall–Kier alpha value is -2.61. The van der Waals surface area contributed by atoms with Crippen LogP contribution >= 0.6 is 34.5 Å². The number of aromatic nitrogens is 1. The van der Waals surface area contributed by atoms with Crippen LogP contribution in [0.4, 0.5) is 5.69 Å². The molecule has 1 N–H and O–H groups in total. The molecule has 0 saturated carbocycles. The lowest BCUT2D eigenvalue weighted by atomic mass is 10.2. The summed E-state index contributed by atoms with van der Waals surface area (Å²) in [6, 6.07) is 12.5. The molecule has 162 valence electrons. The van der Waals surface area contributed by atoms with Crippen LogP contribution in [0.3, 0.4) is 0 Å². The van der Waals surface area contributed by atoms with Gasteiger partial charge in [-0.2, -0.15) is 0 Å². The van der Waals surface area contributed by atoms with Gasteiger partial charge in [-0.15, -0.1) is 11.3 Å². The molecular weight excluding hydrogens is 457 g/mol. The van der Waals surface area contributed by atoms with E-state index in [4.69, 9.17) is 27.9 Å². The molecule has 2 aromatic carbocycles. The van der Waals surface area contributed by atoms with Gasteiger partial charge in [-0.1, -0.05) is 40.9 Å². The molecule has 0 aliphatic carbocycles. The lowest BCUT2D eigenvalue weighted by Gasteiger charge is -2.16. The molecule has 2 amide bonds. The molecule has 1 heterocycles. The SMILES string of the molecule is Cc1ccc(OCc2nc(C)c(C(=O)N(C)CC(=O)Nc3ccc(Cl)c(Cl)c3)s2)cc1. The fourth-order valence-electron chi connectivity index (χ4n) is 2.73. The summed E-state index contributed by atoms with van der Waals surface area (Å²) in [6.45, 7) is 3.92. The number of hydrogen-bond donors (Lipinski definition) is 1. The minimum Gasteiger partial charge on any atom is -0.486 e. The van der Waals surface area contributed by atoms with E-state index in [1.165, 1.54) is 16.2 Å². The van der Waals surface area contributed by atoms with Gasteiger partial charge in [0.25, 0.3) is 5.91 Å². The number of rotatable bonds is 7. The number of likely N-dealkylation sites (N-methyl/N-ethyl adjacent to an activating group) is 1. The van der Waals surface area contributed by atoms with Crippen molar-refractivity contribution in [1.29, 1.82) is 0 Å². The van der Waals surface area contributed by atoms with Gasteiger partial charge in [0.05, 0.1) is 22.3 Å². The van der Waals surface area contributed by atoms with E-state index >= 15 is 0 Å². The van der Waals surface area contributed by atoms with Crippen LogP contribution in [0.25, 0.3) is 0 Å². The molecule has 3 aromatic rings. The van der Waals surface area contributed by atoms with Crippen molar-refractivity contribution in [2.45, 2.75) is 20.5 Å². The lowest BCUT2D eigenvalue weighted by molar-refractivity contribution is -0.116. The van der Waals surface area contributed by atoms with Gasteiger partial charge in [0, 0.05) is 12.7 Å². The highest BCUT2D eigenvalue weighted by molar-refractivity contribution is 7.13. The van der Waals surface area contributed by atoms with E-state index < -0.39 is 0 Å². The van der Waals surface area contributed by atoms with E-state index in [1.54, 1.807) is 32.2 Å². The third kappa shape index (κ3) is 6.19. The largest absolute Gasteiger partial charge is 0.486 e. The molecule has 0 spiro atoms. The Morgan fingerprint density at radius 3 is 2.48 bits per heavy atom. The summed E-state index contributed by atoms with van der Waals surface area (Å²) >= 11 is 13.1. The van der Waals surface area contributed by atoms with Crippen molar-refractivity contribution in [2.24, 2.45) is 0 Å². The van der Waals surface area contributed by atoms with Crippen molar-refractivity contribution in [3.05, 3.63) is 73.7 Å². The summed E-state index contributed by atoms with van der Waals surface area (Å²) in [4.78, 5) is 31.4. The highest BCUT2D eigenvalue weighted by atomic mass is 35.5. The second kappa shape index (κ2) is 10.1. The molecular formula is C22H21Cl2N3O3S. The molecule has 0 atom stereocenters. The monoisotopic (exact) mass is 477 g/mol. The second-order valence-corrected chi connectivity index (χ2v) is 8.86. The van der Waals surface area contributed by atoms with E-state index in [9.17, 15) is 9.59 Å². The molecule has 0 bridgehead atoms. The molecule has 0 radical (unpaired) electrons. The normalized spacial score (nSPS) is 10.6. The van der Waals surface area contributed by atoms with Crippen LogP contribution in [0.5, 0.6) is 5.75 Å². The number of nitrogens with zero attached hydrogens (tertiary/aromatic N) is 2. The smallest absolute Gasteiger partial charge is 0.266 e. The first-order valence-electron chi connectivity index (χ1n) is 9.39. The minimum atomic E-state index is -0.348. The fourth-order valence-corrected chi connectivity index (χ4v) is 4.00. The number of anilines is 1. The third-order valence-corrected chi connectivity index (χ3v) is 6.21. The van der Waals surface area contributed by atoms with Crippen LogP contribution in [0.2, 0.25) is 10.0 Å². The summed E-state index contributed by atoms with van der Waals surface area (Å²) in [5.74, 6) is 0.114. The van der Waals surface area contributed by atoms with Crippen LogP contribution in [0.15, 0.2) is 42.5 Å². The Bertz CT molecular complexity index is 1100. The predicted octanol–water partition coefficient (Wildman–Crippen LogP) is 5.36. The average molecular weight is 478 g/mol. The zero-order valence-electron chi connectivity index (χ0n) is 17.2. The van der Waals surface area contributed by atoms with Crippen molar-refractivity contribution in [1.82, 2.24) is 9.88 Å². The van der Waals surface area contributed by atoms with E-state index in [1.807, 2.05) is 31.2 Å². The maximum Gasteiger partial charge on any atom is 0.266 e. The molecule has 1 aromatic heterocycles. The summed E-state index contributed by atoms with van der Waals surface area (Å²) in [6.07, 6.45) is 0. The molecule has 0 aliphatic heterocycles. The molecule has 9 heteroatoms. The average Bonchev–Trinajstić information content (AvgIpc) is 3.10. The number of nitrogens with one attached hydrogen (secondary N) is 1. The standard InChI is InChI=1S/C22H21Cl2N3O3S/c1-13-4-7-16(8-5-13)30-12-20-25-14(2)21(31-20)22(29)27(3)11-19(28)26-15-6-9-17(23)18(24)10-15/h4-10H,11-12H2,1-3H3,(H,26,28). The van der Waals surface area contributed by atoms with Crippen molar-refractivity contribution in [2.75, 3.05) is 18.9 Å². The first-order chi connectivity index (χ1) is 14.7. The van der Waals surface area contributed by atoms with Crippen molar-refractivity contribution >= 4 is 52.0 Å². The Labute approximate surface area is 194 Å². The zero-order valence-corrected chi connectivity index (χ0v) is 19.6. The first-order valence-corrected chi connectivity index (χ1v) is 11.0. The van der Waals surface area contributed by atoms with Gasteiger partial charge >= 0.3 is 0 Å². The number of amides is 2.